The summed E-state index contributed by atoms with van der Waals surface area (Å²) in [6.45, 7) is 0.780. The van der Waals surface area contributed by atoms with Crippen molar-refractivity contribution in [2.45, 2.75) is 6.42 Å². The number of benzene rings is 3. The predicted octanol–water partition coefficient (Wildman–Crippen LogP) is 4.09. The third-order valence-electron chi connectivity index (χ3n) is 4.76. The number of carbonyl (C=O) groups excluding carboxylic acids is 2. The van der Waals surface area contributed by atoms with Crippen LogP contribution in [0.5, 0.6) is 11.5 Å². The Hall–Kier alpha value is -3.55. The van der Waals surface area contributed by atoms with E-state index in [1.165, 1.54) is 7.11 Å². The van der Waals surface area contributed by atoms with Crippen molar-refractivity contribution in [2.24, 2.45) is 5.73 Å². The number of amides is 1. The largest absolute Gasteiger partial charge is 0.493 e. The molecule has 3 rings (SSSR count). The molecule has 0 unspecified atom stereocenters. The molecule has 1 amide bonds. The summed E-state index contributed by atoms with van der Waals surface area (Å²) in [6.07, 6.45) is 0.163. The lowest BCUT2D eigenvalue weighted by atomic mass is 9.99. The molecule has 0 heterocycles. The zero-order valence-corrected chi connectivity index (χ0v) is 19.3. The minimum Gasteiger partial charge on any atom is -0.493 e. The van der Waals surface area contributed by atoms with Crippen molar-refractivity contribution in [3.63, 3.8) is 0 Å². The Morgan fingerprint density at radius 2 is 1.73 bits per heavy atom. The first-order chi connectivity index (χ1) is 15.5. The maximum absolute atomic E-state index is 12.6. The topological polar surface area (TPSA) is 99.9 Å². The SMILES string of the molecule is COC(=O)c1ccccc1-c1cccc(NC(=O)Cc2ccc(OCCN)c(OC)c2)c1.Cl. The van der Waals surface area contributed by atoms with Crippen molar-refractivity contribution < 1.29 is 23.8 Å². The summed E-state index contributed by atoms with van der Waals surface area (Å²) in [5.74, 6) is 0.535. The molecule has 0 saturated carbocycles. The Bertz CT molecular complexity index is 1100. The van der Waals surface area contributed by atoms with Gasteiger partial charge in [-0.15, -0.1) is 12.4 Å². The van der Waals surface area contributed by atoms with Crippen LogP contribution in [0, 0.1) is 0 Å². The number of methoxy groups -OCH3 is 2. The fourth-order valence-corrected chi connectivity index (χ4v) is 3.29. The molecular weight excluding hydrogens is 444 g/mol. The Morgan fingerprint density at radius 1 is 0.939 bits per heavy atom. The quantitative estimate of drug-likeness (QED) is 0.457. The van der Waals surface area contributed by atoms with Crippen molar-refractivity contribution >= 4 is 30.0 Å². The van der Waals surface area contributed by atoms with E-state index in [4.69, 9.17) is 19.9 Å². The van der Waals surface area contributed by atoms with Gasteiger partial charge in [0.1, 0.15) is 6.61 Å². The fraction of sp³-hybridized carbons (Fsp3) is 0.200. The van der Waals surface area contributed by atoms with Crippen LogP contribution in [0.15, 0.2) is 66.7 Å². The molecular formula is C25H27ClN2O5. The minimum atomic E-state index is -0.414. The third kappa shape index (κ3) is 6.71. The smallest absolute Gasteiger partial charge is 0.338 e. The average Bonchev–Trinajstić information content (AvgIpc) is 2.82. The van der Waals surface area contributed by atoms with Crippen LogP contribution in [0.4, 0.5) is 5.69 Å². The van der Waals surface area contributed by atoms with Crippen LogP contribution in [0.25, 0.3) is 11.1 Å². The van der Waals surface area contributed by atoms with Gasteiger partial charge in [-0.2, -0.15) is 0 Å². The summed E-state index contributed by atoms with van der Waals surface area (Å²) >= 11 is 0. The highest BCUT2D eigenvalue weighted by Gasteiger charge is 2.14. The second-order valence-corrected chi connectivity index (χ2v) is 6.97. The van der Waals surface area contributed by atoms with Crippen molar-refractivity contribution in [3.8, 4) is 22.6 Å². The van der Waals surface area contributed by atoms with Crippen LogP contribution in [-0.4, -0.2) is 39.2 Å². The maximum atomic E-state index is 12.6. The van der Waals surface area contributed by atoms with Gasteiger partial charge in [-0.3, -0.25) is 4.79 Å². The molecule has 0 aromatic heterocycles. The lowest BCUT2D eigenvalue weighted by Crippen LogP contribution is -2.15. The summed E-state index contributed by atoms with van der Waals surface area (Å²) in [4.78, 5) is 24.7. The molecule has 0 atom stereocenters. The van der Waals surface area contributed by atoms with E-state index in [0.717, 1.165) is 16.7 Å². The van der Waals surface area contributed by atoms with E-state index in [0.29, 0.717) is 35.9 Å². The molecule has 0 aliphatic rings. The van der Waals surface area contributed by atoms with Crippen LogP contribution in [0.2, 0.25) is 0 Å². The van der Waals surface area contributed by atoms with E-state index in [1.54, 1.807) is 37.4 Å². The lowest BCUT2D eigenvalue weighted by Gasteiger charge is -2.12. The Labute approximate surface area is 199 Å². The molecule has 33 heavy (non-hydrogen) atoms. The number of halogens is 1. The van der Waals surface area contributed by atoms with Crippen molar-refractivity contribution in [1.82, 2.24) is 0 Å². The van der Waals surface area contributed by atoms with Crippen molar-refractivity contribution in [3.05, 3.63) is 77.9 Å². The van der Waals surface area contributed by atoms with E-state index < -0.39 is 5.97 Å². The number of anilines is 1. The van der Waals surface area contributed by atoms with E-state index in [1.807, 2.05) is 36.4 Å². The van der Waals surface area contributed by atoms with Gasteiger partial charge in [-0.25, -0.2) is 4.79 Å². The summed E-state index contributed by atoms with van der Waals surface area (Å²) in [6, 6.07) is 19.9. The molecule has 0 bridgehead atoms. The summed E-state index contributed by atoms with van der Waals surface area (Å²) in [7, 11) is 2.90. The van der Waals surface area contributed by atoms with Gasteiger partial charge >= 0.3 is 5.97 Å². The van der Waals surface area contributed by atoms with Gasteiger partial charge in [0.2, 0.25) is 5.91 Å². The summed E-state index contributed by atoms with van der Waals surface area (Å²) in [5, 5.41) is 2.91. The molecule has 7 nitrogen and oxygen atoms in total. The first kappa shape index (κ1) is 25.7. The monoisotopic (exact) mass is 470 g/mol. The lowest BCUT2D eigenvalue weighted by molar-refractivity contribution is -0.115. The number of ether oxygens (including phenoxy) is 3. The van der Waals surface area contributed by atoms with E-state index in [-0.39, 0.29) is 24.7 Å². The molecule has 0 fully saturated rings. The van der Waals surface area contributed by atoms with E-state index in [9.17, 15) is 9.59 Å². The zero-order valence-electron chi connectivity index (χ0n) is 18.5. The van der Waals surface area contributed by atoms with Gasteiger partial charge in [0.25, 0.3) is 0 Å². The number of nitrogens with one attached hydrogen (secondary N) is 1. The molecule has 3 aromatic carbocycles. The number of rotatable bonds is 9. The molecule has 0 aliphatic carbocycles. The number of hydrogen-bond donors (Lipinski definition) is 2. The molecule has 3 N–H and O–H groups in total. The fourth-order valence-electron chi connectivity index (χ4n) is 3.29. The van der Waals surface area contributed by atoms with Crippen LogP contribution < -0.4 is 20.5 Å². The molecule has 174 valence electrons. The molecule has 0 aliphatic heterocycles. The van der Waals surface area contributed by atoms with Gasteiger partial charge in [-0.1, -0.05) is 36.4 Å². The van der Waals surface area contributed by atoms with Gasteiger partial charge < -0.3 is 25.3 Å². The van der Waals surface area contributed by atoms with Crippen LogP contribution in [-0.2, 0) is 16.0 Å². The minimum absolute atomic E-state index is 0. The normalized spacial score (nSPS) is 10.0. The third-order valence-corrected chi connectivity index (χ3v) is 4.76. The number of hydrogen-bond acceptors (Lipinski definition) is 6. The van der Waals surface area contributed by atoms with Gasteiger partial charge in [0, 0.05) is 12.2 Å². The maximum Gasteiger partial charge on any atom is 0.338 e. The first-order valence-corrected chi connectivity index (χ1v) is 10.1. The Morgan fingerprint density at radius 3 is 2.45 bits per heavy atom. The van der Waals surface area contributed by atoms with Gasteiger partial charge in [0.05, 0.1) is 26.2 Å². The van der Waals surface area contributed by atoms with Crippen LogP contribution in [0.1, 0.15) is 15.9 Å². The number of nitrogens with two attached hydrogens (primary N) is 1. The second-order valence-electron chi connectivity index (χ2n) is 6.97. The molecule has 0 radical (unpaired) electrons. The van der Waals surface area contributed by atoms with Gasteiger partial charge in [0.15, 0.2) is 11.5 Å². The van der Waals surface area contributed by atoms with E-state index >= 15 is 0 Å². The van der Waals surface area contributed by atoms with E-state index in [2.05, 4.69) is 5.32 Å². The predicted molar refractivity (Wildman–Crippen MR) is 130 cm³/mol. The standard InChI is InChI=1S/C25H26N2O5.ClH/c1-30-23-14-17(10-11-22(23)32-13-12-26)15-24(28)27-19-7-5-6-18(16-19)20-8-3-4-9-21(20)25(29)31-2;/h3-11,14,16H,12-13,15,26H2,1-2H3,(H,27,28);1H. The Balaban J connectivity index is 0.00000385. The number of esters is 1. The molecule has 0 saturated heterocycles. The van der Waals surface area contributed by atoms with Crippen molar-refractivity contribution in [1.29, 1.82) is 0 Å². The zero-order chi connectivity index (χ0) is 22.9. The Kier molecular flexibility index (Phi) is 9.72. The first-order valence-electron chi connectivity index (χ1n) is 10.1. The highest BCUT2D eigenvalue weighted by Crippen LogP contribution is 2.29. The number of carbonyl (C=O) groups is 2. The summed E-state index contributed by atoms with van der Waals surface area (Å²) in [5.41, 5.74) is 8.87. The highest BCUT2D eigenvalue weighted by molar-refractivity contribution is 5.98. The average molecular weight is 471 g/mol. The molecule has 0 spiro atoms. The second kappa shape index (κ2) is 12.5. The van der Waals surface area contributed by atoms with Gasteiger partial charge in [-0.05, 0) is 47.0 Å². The highest BCUT2D eigenvalue weighted by atomic mass is 35.5. The van der Waals surface area contributed by atoms with Crippen LogP contribution in [0.3, 0.4) is 0 Å². The summed E-state index contributed by atoms with van der Waals surface area (Å²) < 4.78 is 15.8. The van der Waals surface area contributed by atoms with Crippen LogP contribution >= 0.6 is 12.4 Å². The molecule has 3 aromatic rings. The molecule has 8 heteroatoms. The van der Waals surface area contributed by atoms with Crippen molar-refractivity contribution in [2.75, 3.05) is 32.7 Å².